The van der Waals surface area contributed by atoms with Gasteiger partial charge in [0.05, 0.1) is 35.0 Å². The number of carbonyl (C=O) groups excluding carboxylic acids is 1. The highest BCUT2D eigenvalue weighted by Gasteiger charge is 2.23. The summed E-state index contributed by atoms with van der Waals surface area (Å²) in [5, 5.41) is 6.14. The van der Waals surface area contributed by atoms with E-state index >= 15 is 4.39 Å². The molecule has 0 aromatic heterocycles. The second-order valence-corrected chi connectivity index (χ2v) is 8.26. The number of nitrogens with one attached hydrogen (secondary N) is 3. The molecule has 3 N–H and O–H groups in total. The summed E-state index contributed by atoms with van der Waals surface area (Å²) in [7, 11) is 0. The zero-order valence-electron chi connectivity index (χ0n) is 17.8. The fraction of sp³-hybridized carbons (Fsp3) is 0.364. The predicted octanol–water partition coefficient (Wildman–Crippen LogP) is 5.64. The number of nitrogens with zero attached hydrogens (tertiary/aromatic N) is 1. The van der Waals surface area contributed by atoms with Gasteiger partial charge in [0.25, 0.3) is 5.91 Å². The number of anilines is 1. The van der Waals surface area contributed by atoms with Crippen molar-refractivity contribution in [2.75, 3.05) is 18.5 Å². The summed E-state index contributed by atoms with van der Waals surface area (Å²) in [6.45, 7) is 6.13. The number of hydrogen-bond donors (Lipinski definition) is 3. The van der Waals surface area contributed by atoms with E-state index in [-0.39, 0.29) is 17.0 Å². The van der Waals surface area contributed by atoms with Crippen LogP contribution in [0.5, 0.6) is 0 Å². The maximum absolute atomic E-state index is 15.6. The fourth-order valence-electron chi connectivity index (χ4n) is 2.43. The molecule has 0 aliphatic heterocycles. The first-order chi connectivity index (χ1) is 14.9. The monoisotopic (exact) mass is 512 g/mol. The Morgan fingerprint density at radius 2 is 2.16 bits per heavy atom. The lowest BCUT2D eigenvalue weighted by Gasteiger charge is -2.17. The number of aliphatic imine (C=N–C) groups is 1. The number of hydroxylamine groups is 1. The molecule has 1 saturated carbocycles. The molecule has 0 spiro atoms. The number of carbonyl (C=O) groups is 1. The van der Waals surface area contributed by atoms with Gasteiger partial charge in [0.2, 0.25) is 0 Å². The van der Waals surface area contributed by atoms with Crippen LogP contribution in [0, 0.1) is 5.92 Å². The van der Waals surface area contributed by atoms with Crippen molar-refractivity contribution < 1.29 is 14.0 Å². The van der Waals surface area contributed by atoms with Crippen LogP contribution in [0.2, 0.25) is 5.02 Å². The minimum atomic E-state index is -0.672. The number of rotatable bonds is 11. The van der Waals surface area contributed by atoms with Gasteiger partial charge in [-0.15, -0.1) is 0 Å². The molecule has 0 unspecified atom stereocenters. The van der Waals surface area contributed by atoms with Gasteiger partial charge in [-0.3, -0.25) is 14.6 Å². The van der Waals surface area contributed by atoms with Crippen molar-refractivity contribution in [3.63, 3.8) is 0 Å². The summed E-state index contributed by atoms with van der Waals surface area (Å²) in [6, 6.07) is 5.13. The van der Waals surface area contributed by atoms with Gasteiger partial charge in [-0.25, -0.2) is 9.87 Å². The summed E-state index contributed by atoms with van der Waals surface area (Å²) in [5.41, 5.74) is 3.04. The van der Waals surface area contributed by atoms with Crippen LogP contribution in [0.1, 0.15) is 33.6 Å². The molecule has 1 fully saturated rings. The molecule has 0 heterocycles. The van der Waals surface area contributed by atoms with Crippen LogP contribution in [0.15, 0.2) is 62.6 Å². The minimum absolute atomic E-state index is 0.0396. The van der Waals surface area contributed by atoms with Crippen LogP contribution in [0.25, 0.3) is 0 Å². The molecule has 1 aromatic carbocycles. The van der Waals surface area contributed by atoms with Gasteiger partial charge < -0.3 is 10.6 Å². The second kappa shape index (κ2) is 12.6. The summed E-state index contributed by atoms with van der Waals surface area (Å²) < 4.78 is 16.4. The summed E-state index contributed by atoms with van der Waals surface area (Å²) >= 11 is 9.65. The van der Waals surface area contributed by atoms with Gasteiger partial charge in [-0.2, -0.15) is 0 Å². The van der Waals surface area contributed by atoms with Gasteiger partial charge in [-0.1, -0.05) is 33.6 Å². The third kappa shape index (κ3) is 8.12. The Hall–Kier alpha value is -2.16. The summed E-state index contributed by atoms with van der Waals surface area (Å²) in [4.78, 5) is 22.0. The standard InChI is InChI=1S/C22H27BrClFN4O2/c1-4-6-19(27-13-26-5-2)20(25)21(28-18-10-9-16(23)11-17(18)24)14(3)22(30)29-31-12-15-7-8-15/h4,6,9-11,13,15,28H,5,7-8,12H2,1-3H3,(H,26,27)(H,29,30)/b6-4-,20-19-,21-14-. The highest BCUT2D eigenvalue weighted by Crippen LogP contribution is 2.30. The van der Waals surface area contributed by atoms with Crippen LogP contribution < -0.4 is 16.1 Å². The Morgan fingerprint density at radius 1 is 1.42 bits per heavy atom. The lowest BCUT2D eigenvalue weighted by atomic mass is 10.1. The maximum atomic E-state index is 15.6. The van der Waals surface area contributed by atoms with Gasteiger partial charge in [-0.05, 0) is 63.8 Å². The average molecular weight is 514 g/mol. The maximum Gasteiger partial charge on any atom is 0.272 e. The first-order valence-corrected chi connectivity index (χ1v) is 11.2. The van der Waals surface area contributed by atoms with Crippen LogP contribution in [-0.4, -0.2) is 25.4 Å². The number of allylic oxidation sites excluding steroid dienone is 3. The zero-order valence-corrected chi connectivity index (χ0v) is 20.1. The minimum Gasteiger partial charge on any atom is -0.351 e. The molecule has 2 rings (SSSR count). The largest absolute Gasteiger partial charge is 0.351 e. The molecule has 1 aliphatic rings. The van der Waals surface area contributed by atoms with Crippen LogP contribution in [0.4, 0.5) is 10.1 Å². The smallest absolute Gasteiger partial charge is 0.272 e. The number of hydrogen-bond acceptors (Lipinski definition) is 4. The first-order valence-electron chi connectivity index (χ1n) is 10.00. The third-order valence-electron chi connectivity index (χ3n) is 4.37. The van der Waals surface area contributed by atoms with Gasteiger partial charge >= 0.3 is 0 Å². The zero-order chi connectivity index (χ0) is 22.8. The molecule has 0 bridgehead atoms. The SMILES string of the molecule is C\C=C/C(NC=NCC)=C(F)\C(Nc1ccc(Br)cc1Cl)=C(/C)C(=O)NOCC1CC1. The topological polar surface area (TPSA) is 74.8 Å². The van der Waals surface area contributed by atoms with Crippen molar-refractivity contribution in [3.05, 3.63) is 62.6 Å². The molecule has 31 heavy (non-hydrogen) atoms. The third-order valence-corrected chi connectivity index (χ3v) is 5.18. The van der Waals surface area contributed by atoms with Gasteiger partial charge in [0.15, 0.2) is 5.83 Å². The molecule has 168 valence electrons. The Bertz CT molecular complexity index is 911. The first kappa shape index (κ1) is 25.1. The van der Waals surface area contributed by atoms with Crippen molar-refractivity contribution in [2.24, 2.45) is 10.9 Å². The van der Waals surface area contributed by atoms with E-state index < -0.39 is 11.7 Å². The Kier molecular flexibility index (Phi) is 10.2. The Labute approximate surface area is 195 Å². The average Bonchev–Trinajstić information content (AvgIpc) is 3.56. The molecular weight excluding hydrogens is 487 g/mol. The van der Waals surface area contributed by atoms with Crippen LogP contribution in [-0.2, 0) is 9.63 Å². The molecule has 1 amide bonds. The van der Waals surface area contributed by atoms with Crippen molar-refractivity contribution in [1.29, 1.82) is 0 Å². The van der Waals surface area contributed by atoms with Crippen LogP contribution >= 0.6 is 27.5 Å². The summed E-state index contributed by atoms with van der Waals surface area (Å²) in [5.74, 6) is -0.744. The lowest BCUT2D eigenvalue weighted by Crippen LogP contribution is -2.27. The molecule has 1 aliphatic carbocycles. The molecule has 9 heteroatoms. The molecule has 1 aromatic rings. The normalized spacial score (nSPS) is 15.7. The van der Waals surface area contributed by atoms with E-state index in [0.29, 0.717) is 29.8 Å². The Balaban J connectivity index is 2.41. The van der Waals surface area contributed by atoms with E-state index in [0.717, 1.165) is 17.3 Å². The van der Waals surface area contributed by atoms with E-state index in [1.54, 1.807) is 37.3 Å². The van der Waals surface area contributed by atoms with Gasteiger partial charge in [0, 0.05) is 16.6 Å². The molecule has 0 saturated heterocycles. The lowest BCUT2D eigenvalue weighted by molar-refractivity contribution is -0.129. The molecule has 0 atom stereocenters. The molecule has 6 nitrogen and oxygen atoms in total. The summed E-state index contributed by atoms with van der Waals surface area (Å²) in [6.07, 6.45) is 6.83. The Morgan fingerprint density at radius 3 is 2.77 bits per heavy atom. The van der Waals surface area contributed by atoms with E-state index in [1.807, 2.05) is 6.92 Å². The molecular formula is C22H27BrClFN4O2. The number of halogens is 3. The molecule has 0 radical (unpaired) electrons. The van der Waals surface area contributed by atoms with E-state index in [1.165, 1.54) is 13.3 Å². The second-order valence-electron chi connectivity index (χ2n) is 6.93. The van der Waals surface area contributed by atoms with Crippen molar-refractivity contribution >= 4 is 45.5 Å². The van der Waals surface area contributed by atoms with Crippen molar-refractivity contribution in [3.8, 4) is 0 Å². The van der Waals surface area contributed by atoms with Crippen LogP contribution in [0.3, 0.4) is 0 Å². The van der Waals surface area contributed by atoms with Gasteiger partial charge in [0.1, 0.15) is 0 Å². The van der Waals surface area contributed by atoms with E-state index in [4.69, 9.17) is 16.4 Å². The van der Waals surface area contributed by atoms with Crippen molar-refractivity contribution in [1.82, 2.24) is 10.8 Å². The number of amides is 1. The fourth-order valence-corrected chi connectivity index (χ4v) is 3.15. The highest BCUT2D eigenvalue weighted by molar-refractivity contribution is 9.10. The van der Waals surface area contributed by atoms with E-state index in [9.17, 15) is 4.79 Å². The van der Waals surface area contributed by atoms with E-state index in [2.05, 4.69) is 37.0 Å². The number of benzene rings is 1. The van der Waals surface area contributed by atoms with Crippen molar-refractivity contribution in [2.45, 2.75) is 33.6 Å². The predicted molar refractivity (Wildman–Crippen MR) is 127 cm³/mol. The quantitative estimate of drug-likeness (QED) is 0.118. The highest BCUT2D eigenvalue weighted by atomic mass is 79.9.